The van der Waals surface area contributed by atoms with Gasteiger partial charge in [-0.1, -0.05) is 17.3 Å². The summed E-state index contributed by atoms with van der Waals surface area (Å²) in [7, 11) is 0. The van der Waals surface area contributed by atoms with Crippen LogP contribution >= 0.6 is 0 Å². The van der Waals surface area contributed by atoms with E-state index in [1.54, 1.807) is 0 Å². The number of anilines is 1. The lowest BCUT2D eigenvalue weighted by Crippen LogP contribution is -2.54. The van der Waals surface area contributed by atoms with Crippen LogP contribution < -0.4 is 15.5 Å². The van der Waals surface area contributed by atoms with Gasteiger partial charge in [-0.25, -0.2) is 4.79 Å². The fourth-order valence-corrected chi connectivity index (χ4v) is 5.51. The summed E-state index contributed by atoms with van der Waals surface area (Å²) in [5.74, 6) is 0.677. The first-order valence-corrected chi connectivity index (χ1v) is 12.0. The predicted molar refractivity (Wildman–Crippen MR) is 126 cm³/mol. The minimum absolute atomic E-state index is 0.0324. The van der Waals surface area contributed by atoms with Gasteiger partial charge in [-0.2, -0.15) is 0 Å². The number of aryl methyl sites for hydroxylation is 2. The molecule has 180 valence electrons. The number of benzene rings is 1. The van der Waals surface area contributed by atoms with Crippen LogP contribution in [0.1, 0.15) is 44.1 Å². The first-order valence-electron chi connectivity index (χ1n) is 12.0. The van der Waals surface area contributed by atoms with Crippen molar-refractivity contribution in [2.24, 2.45) is 5.92 Å². The summed E-state index contributed by atoms with van der Waals surface area (Å²) in [6.45, 7) is 7.95. The van der Waals surface area contributed by atoms with Gasteiger partial charge in [-0.05, 0) is 63.6 Å². The molecule has 34 heavy (non-hydrogen) atoms. The summed E-state index contributed by atoms with van der Waals surface area (Å²) >= 11 is 0. The van der Waals surface area contributed by atoms with E-state index in [0.717, 1.165) is 47.7 Å². The number of aromatic nitrogens is 1. The second-order valence-electron chi connectivity index (χ2n) is 9.79. The van der Waals surface area contributed by atoms with Crippen LogP contribution in [-0.2, 0) is 9.59 Å². The Morgan fingerprint density at radius 1 is 1.24 bits per heavy atom. The van der Waals surface area contributed by atoms with Gasteiger partial charge < -0.3 is 19.6 Å². The number of hydrogen-bond donors (Lipinski definition) is 2. The summed E-state index contributed by atoms with van der Waals surface area (Å²) in [5, 5.41) is 9.24. The van der Waals surface area contributed by atoms with Crippen LogP contribution in [-0.4, -0.2) is 59.1 Å². The molecule has 4 amide bonds. The summed E-state index contributed by atoms with van der Waals surface area (Å²) in [4.78, 5) is 41.4. The molecular formula is C25H31N5O4. The average Bonchev–Trinajstić information content (AvgIpc) is 3.55. The Morgan fingerprint density at radius 2 is 2.03 bits per heavy atom. The van der Waals surface area contributed by atoms with Crippen LogP contribution in [0.3, 0.4) is 0 Å². The average molecular weight is 466 g/mol. The van der Waals surface area contributed by atoms with Crippen LogP contribution in [0.2, 0.25) is 0 Å². The Morgan fingerprint density at radius 3 is 2.65 bits per heavy atom. The Labute approximate surface area is 198 Å². The molecule has 1 aliphatic carbocycles. The fourth-order valence-electron chi connectivity index (χ4n) is 5.51. The molecule has 2 saturated heterocycles. The molecule has 0 spiro atoms. The Hall–Kier alpha value is -3.36. The maximum atomic E-state index is 13.0. The van der Waals surface area contributed by atoms with Gasteiger partial charge in [0.05, 0.1) is 5.69 Å². The molecule has 1 aromatic carbocycles. The molecule has 9 nitrogen and oxygen atoms in total. The van der Waals surface area contributed by atoms with E-state index in [1.807, 2.05) is 24.8 Å². The molecular weight excluding hydrogens is 434 g/mol. The van der Waals surface area contributed by atoms with E-state index in [4.69, 9.17) is 4.52 Å². The second kappa shape index (κ2) is 8.45. The summed E-state index contributed by atoms with van der Waals surface area (Å²) in [5.41, 5.74) is 3.15. The van der Waals surface area contributed by atoms with E-state index in [1.165, 1.54) is 0 Å². The number of rotatable bonds is 6. The minimum Gasteiger partial charge on any atom is -0.365 e. The number of nitrogens with one attached hydrogen (secondary N) is 2. The number of carbonyl (C=O) groups is 3. The molecule has 1 unspecified atom stereocenters. The van der Waals surface area contributed by atoms with Gasteiger partial charge in [0.1, 0.15) is 11.3 Å². The molecule has 1 aromatic heterocycles. The van der Waals surface area contributed by atoms with E-state index in [2.05, 4.69) is 45.8 Å². The van der Waals surface area contributed by atoms with E-state index >= 15 is 0 Å². The van der Waals surface area contributed by atoms with Gasteiger partial charge in [0.25, 0.3) is 5.91 Å². The van der Waals surface area contributed by atoms with Crippen LogP contribution in [0.5, 0.6) is 0 Å². The van der Waals surface area contributed by atoms with Crippen molar-refractivity contribution >= 4 is 23.5 Å². The zero-order valence-electron chi connectivity index (χ0n) is 19.9. The highest BCUT2D eigenvalue weighted by Crippen LogP contribution is 2.44. The normalized spacial score (nSPS) is 24.9. The molecule has 3 heterocycles. The first-order chi connectivity index (χ1) is 16.3. The van der Waals surface area contributed by atoms with E-state index in [9.17, 15) is 14.4 Å². The highest BCUT2D eigenvalue weighted by atomic mass is 16.5. The highest BCUT2D eigenvalue weighted by Gasteiger charge is 2.55. The molecule has 3 fully saturated rings. The molecule has 3 aliphatic rings. The Balaban J connectivity index is 1.23. The molecule has 0 radical (unpaired) electrons. The van der Waals surface area contributed by atoms with E-state index < -0.39 is 11.6 Å². The number of nitrogens with zero attached hydrogens (tertiary/aromatic N) is 3. The SMILES string of the molecule is Cc1noc(C)c1-c1cccc(N2CCN(C(=O)CCC3(C4CC4)NC(=O)NC3=O)C[C@@H]2C)c1. The van der Waals surface area contributed by atoms with Crippen molar-refractivity contribution in [1.29, 1.82) is 0 Å². The van der Waals surface area contributed by atoms with Crippen molar-refractivity contribution < 1.29 is 18.9 Å². The van der Waals surface area contributed by atoms with Gasteiger partial charge in [-0.3, -0.25) is 14.9 Å². The van der Waals surface area contributed by atoms with Crippen molar-refractivity contribution in [3.63, 3.8) is 0 Å². The van der Waals surface area contributed by atoms with E-state index in [0.29, 0.717) is 19.5 Å². The largest absolute Gasteiger partial charge is 0.365 e. The molecule has 1 saturated carbocycles. The van der Waals surface area contributed by atoms with Crippen molar-refractivity contribution in [3.05, 3.63) is 35.7 Å². The molecule has 5 rings (SSSR count). The lowest BCUT2D eigenvalue weighted by molar-refractivity contribution is -0.133. The smallest absolute Gasteiger partial charge is 0.322 e. The zero-order chi connectivity index (χ0) is 24.0. The van der Waals surface area contributed by atoms with Crippen LogP contribution in [0, 0.1) is 19.8 Å². The van der Waals surface area contributed by atoms with E-state index in [-0.39, 0.29) is 30.2 Å². The van der Waals surface area contributed by atoms with Gasteiger partial charge in [0.2, 0.25) is 5.91 Å². The summed E-state index contributed by atoms with van der Waals surface area (Å²) in [6, 6.07) is 8.04. The molecule has 2 atom stereocenters. The number of imide groups is 1. The van der Waals surface area contributed by atoms with Crippen LogP contribution in [0.15, 0.2) is 28.8 Å². The van der Waals surface area contributed by atoms with Gasteiger partial charge in [-0.15, -0.1) is 0 Å². The number of urea groups is 1. The van der Waals surface area contributed by atoms with Gasteiger partial charge in [0, 0.05) is 43.3 Å². The summed E-state index contributed by atoms with van der Waals surface area (Å²) < 4.78 is 5.34. The maximum Gasteiger partial charge on any atom is 0.322 e. The predicted octanol–water partition coefficient (Wildman–Crippen LogP) is 2.76. The lowest BCUT2D eigenvalue weighted by Gasteiger charge is -2.41. The lowest BCUT2D eigenvalue weighted by atomic mass is 9.87. The standard InChI is InChI=1S/C25H31N5O4/c1-15-14-29(21(31)9-10-25(19-7-8-19)23(32)26-24(33)27-25)11-12-30(15)20-6-4-5-18(13-20)22-16(2)28-34-17(22)3/h4-6,13,15,19H,7-12,14H2,1-3H3,(H2,26,27,32,33)/t15-,25?/m0/s1. The third-order valence-electron chi connectivity index (χ3n) is 7.46. The van der Waals surface area contributed by atoms with Crippen LogP contribution in [0.4, 0.5) is 10.5 Å². The van der Waals surface area contributed by atoms with Crippen LogP contribution in [0.25, 0.3) is 11.1 Å². The molecule has 0 bridgehead atoms. The number of amides is 4. The van der Waals surface area contributed by atoms with Crippen molar-refractivity contribution in [2.75, 3.05) is 24.5 Å². The molecule has 2 aliphatic heterocycles. The second-order valence-corrected chi connectivity index (χ2v) is 9.79. The fraction of sp³-hybridized carbons (Fsp3) is 0.520. The number of piperazine rings is 1. The van der Waals surface area contributed by atoms with Gasteiger partial charge >= 0.3 is 6.03 Å². The monoisotopic (exact) mass is 465 g/mol. The third-order valence-corrected chi connectivity index (χ3v) is 7.46. The molecule has 9 heteroatoms. The molecule has 2 N–H and O–H groups in total. The summed E-state index contributed by atoms with van der Waals surface area (Å²) in [6.07, 6.45) is 2.41. The third kappa shape index (κ3) is 3.93. The van der Waals surface area contributed by atoms with Gasteiger partial charge in [0.15, 0.2) is 0 Å². The van der Waals surface area contributed by atoms with Crippen molar-refractivity contribution in [1.82, 2.24) is 20.7 Å². The number of carbonyl (C=O) groups excluding carboxylic acids is 3. The van der Waals surface area contributed by atoms with Crippen molar-refractivity contribution in [2.45, 2.75) is 58.0 Å². The maximum absolute atomic E-state index is 13.0. The number of hydrogen-bond acceptors (Lipinski definition) is 6. The Bertz CT molecular complexity index is 1120. The first kappa shape index (κ1) is 22.4. The topological polar surface area (TPSA) is 108 Å². The Kier molecular flexibility index (Phi) is 5.58. The minimum atomic E-state index is -0.918. The molecule has 2 aromatic rings. The van der Waals surface area contributed by atoms with Crippen molar-refractivity contribution in [3.8, 4) is 11.1 Å². The quantitative estimate of drug-likeness (QED) is 0.635. The zero-order valence-corrected chi connectivity index (χ0v) is 19.9. The highest BCUT2D eigenvalue weighted by molar-refractivity contribution is 6.07.